The monoisotopic (exact) mass is 394 g/mol. The molecule has 0 bridgehead atoms. The summed E-state index contributed by atoms with van der Waals surface area (Å²) in [5.74, 6) is -1.25. The number of amides is 1. The number of thiazole rings is 1. The highest BCUT2D eigenvalue weighted by Gasteiger charge is 2.22. The number of hydrogen-bond donors (Lipinski definition) is 1. The van der Waals surface area contributed by atoms with Gasteiger partial charge in [0, 0.05) is 5.38 Å². The van der Waals surface area contributed by atoms with Gasteiger partial charge in [-0.1, -0.05) is 0 Å². The Kier molecular flexibility index (Phi) is 6.66. The van der Waals surface area contributed by atoms with Gasteiger partial charge in [-0.05, 0) is 13.0 Å². The largest absolute Gasteiger partial charge is 0.466 e. The van der Waals surface area contributed by atoms with Gasteiger partial charge < -0.3 is 10.1 Å². The van der Waals surface area contributed by atoms with Crippen LogP contribution in [-0.2, 0) is 27.3 Å². The summed E-state index contributed by atoms with van der Waals surface area (Å²) in [6.45, 7) is 1.20. The molecule has 2 rings (SSSR count). The normalized spacial score (nSPS) is 11.2. The van der Waals surface area contributed by atoms with Crippen LogP contribution in [0.4, 0.5) is 22.7 Å². The molecule has 0 unspecified atom stereocenters. The molecule has 0 aliphatic rings. The van der Waals surface area contributed by atoms with Crippen LogP contribution in [0.3, 0.4) is 0 Å². The molecule has 0 fully saturated rings. The summed E-state index contributed by atoms with van der Waals surface area (Å²) in [5, 5.41) is 7.33. The molecular weight excluding hydrogens is 380 g/mol. The minimum atomic E-state index is -3.06. The Morgan fingerprint density at radius 3 is 2.65 bits per heavy atom. The third kappa shape index (κ3) is 5.25. The Morgan fingerprint density at radius 2 is 2.04 bits per heavy atom. The lowest BCUT2D eigenvalue weighted by Crippen LogP contribution is -2.21. The van der Waals surface area contributed by atoms with Crippen molar-refractivity contribution >= 4 is 28.3 Å². The molecule has 142 valence electrons. The maximum atomic E-state index is 12.9. The van der Waals surface area contributed by atoms with Crippen molar-refractivity contribution in [2.75, 3.05) is 11.9 Å². The topological polar surface area (TPSA) is 86.1 Å². The number of halogens is 4. The van der Waals surface area contributed by atoms with Crippen molar-refractivity contribution < 1.29 is 31.9 Å². The fourth-order valence-corrected chi connectivity index (χ4v) is 2.69. The van der Waals surface area contributed by atoms with Crippen LogP contribution < -0.4 is 5.32 Å². The van der Waals surface area contributed by atoms with Gasteiger partial charge in [0.25, 0.3) is 12.9 Å². The molecule has 1 amide bonds. The molecule has 0 aromatic carbocycles. The number of esters is 1. The summed E-state index contributed by atoms with van der Waals surface area (Å²) in [5.41, 5.74) is -1.24. The van der Waals surface area contributed by atoms with Gasteiger partial charge in [0.2, 0.25) is 5.91 Å². The predicted molar refractivity (Wildman–Crippen MR) is 83.2 cm³/mol. The summed E-state index contributed by atoms with van der Waals surface area (Å²) >= 11 is 1.02. The molecule has 0 spiro atoms. The van der Waals surface area contributed by atoms with E-state index in [1.54, 1.807) is 6.92 Å². The zero-order valence-corrected chi connectivity index (χ0v) is 14.2. The zero-order valence-electron chi connectivity index (χ0n) is 13.4. The number of nitrogens with one attached hydrogen (secondary N) is 1. The lowest BCUT2D eigenvalue weighted by atomic mass is 10.3. The van der Waals surface area contributed by atoms with Gasteiger partial charge >= 0.3 is 5.97 Å². The van der Waals surface area contributed by atoms with Crippen molar-refractivity contribution in [2.45, 2.75) is 32.7 Å². The molecule has 2 heterocycles. The second-order valence-corrected chi connectivity index (χ2v) is 5.79. The first-order valence-corrected chi connectivity index (χ1v) is 8.22. The molecular formula is C14H14F4N4O3S. The van der Waals surface area contributed by atoms with Gasteiger partial charge in [-0.3, -0.25) is 14.3 Å². The maximum Gasteiger partial charge on any atom is 0.311 e. The highest BCUT2D eigenvalue weighted by atomic mass is 32.1. The first-order valence-electron chi connectivity index (χ1n) is 7.34. The van der Waals surface area contributed by atoms with Crippen LogP contribution in [0.25, 0.3) is 0 Å². The number of carbonyl (C=O) groups is 2. The van der Waals surface area contributed by atoms with Crippen LogP contribution in [0.1, 0.15) is 36.9 Å². The zero-order chi connectivity index (χ0) is 19.3. The number of carbonyl (C=O) groups excluding carboxylic acids is 2. The van der Waals surface area contributed by atoms with Crippen LogP contribution in [0.2, 0.25) is 0 Å². The van der Waals surface area contributed by atoms with Crippen LogP contribution in [0.15, 0.2) is 11.4 Å². The molecule has 1 N–H and O–H groups in total. The Morgan fingerprint density at radius 1 is 1.31 bits per heavy atom. The van der Waals surface area contributed by atoms with Crippen molar-refractivity contribution in [3.05, 3.63) is 28.5 Å². The second kappa shape index (κ2) is 8.74. The van der Waals surface area contributed by atoms with Crippen molar-refractivity contribution in [3.63, 3.8) is 0 Å². The molecule has 7 nitrogen and oxygen atoms in total. The quantitative estimate of drug-likeness (QED) is 0.550. The molecule has 0 saturated carbocycles. The van der Waals surface area contributed by atoms with E-state index in [4.69, 9.17) is 4.74 Å². The van der Waals surface area contributed by atoms with Crippen molar-refractivity contribution in [3.8, 4) is 0 Å². The van der Waals surface area contributed by atoms with Gasteiger partial charge in [0.15, 0.2) is 5.13 Å². The van der Waals surface area contributed by atoms with Crippen LogP contribution in [0, 0.1) is 0 Å². The lowest BCUT2D eigenvalue weighted by Gasteiger charge is -2.06. The SMILES string of the molecule is CCOC(=O)Cc1csc(NC(=O)Cn2nc(C(F)F)cc2C(F)F)n1. The highest BCUT2D eigenvalue weighted by Crippen LogP contribution is 2.25. The van der Waals surface area contributed by atoms with Crippen LogP contribution in [-0.4, -0.2) is 33.2 Å². The van der Waals surface area contributed by atoms with Gasteiger partial charge in [0.1, 0.15) is 17.9 Å². The molecule has 0 saturated heterocycles. The Balaban J connectivity index is 2.01. The molecule has 2 aromatic rings. The predicted octanol–water partition coefficient (Wildman–Crippen LogP) is 2.96. The number of aromatic nitrogens is 3. The molecule has 0 aliphatic carbocycles. The molecule has 12 heteroatoms. The lowest BCUT2D eigenvalue weighted by molar-refractivity contribution is -0.142. The number of anilines is 1. The minimum Gasteiger partial charge on any atom is -0.466 e. The first-order chi connectivity index (χ1) is 12.3. The van der Waals surface area contributed by atoms with E-state index in [1.807, 2.05) is 0 Å². The van der Waals surface area contributed by atoms with E-state index in [2.05, 4.69) is 15.4 Å². The molecule has 26 heavy (non-hydrogen) atoms. The summed E-state index contributed by atoms with van der Waals surface area (Å²) in [6, 6.07) is 0.559. The first kappa shape index (κ1) is 19.8. The third-order valence-corrected chi connectivity index (χ3v) is 3.81. The highest BCUT2D eigenvalue weighted by molar-refractivity contribution is 7.13. The number of nitrogens with zero attached hydrogens (tertiary/aromatic N) is 3. The summed E-state index contributed by atoms with van der Waals surface area (Å²) in [4.78, 5) is 27.3. The molecule has 2 aromatic heterocycles. The van der Waals surface area contributed by atoms with Gasteiger partial charge in [-0.25, -0.2) is 22.5 Å². The number of alkyl halides is 4. The fourth-order valence-electron chi connectivity index (χ4n) is 1.96. The number of hydrogen-bond acceptors (Lipinski definition) is 6. The summed E-state index contributed by atoms with van der Waals surface area (Å²) < 4.78 is 56.2. The van der Waals surface area contributed by atoms with Crippen LogP contribution >= 0.6 is 11.3 Å². The van der Waals surface area contributed by atoms with E-state index < -0.39 is 42.7 Å². The van der Waals surface area contributed by atoms with E-state index in [1.165, 1.54) is 5.38 Å². The molecule has 0 aliphatic heterocycles. The Bertz CT molecular complexity index is 778. The smallest absolute Gasteiger partial charge is 0.311 e. The van der Waals surface area contributed by atoms with E-state index in [-0.39, 0.29) is 18.2 Å². The van der Waals surface area contributed by atoms with Gasteiger partial charge in [-0.15, -0.1) is 11.3 Å². The average Bonchev–Trinajstić information content (AvgIpc) is 3.14. The second-order valence-electron chi connectivity index (χ2n) is 4.93. The summed E-state index contributed by atoms with van der Waals surface area (Å²) in [6.07, 6.45) is -6.16. The van der Waals surface area contributed by atoms with Crippen molar-refractivity contribution in [1.29, 1.82) is 0 Å². The van der Waals surface area contributed by atoms with Crippen molar-refractivity contribution in [2.24, 2.45) is 0 Å². The van der Waals surface area contributed by atoms with E-state index in [9.17, 15) is 27.2 Å². The number of rotatable bonds is 8. The van der Waals surface area contributed by atoms with E-state index in [0.717, 1.165) is 11.3 Å². The molecule has 0 atom stereocenters. The van der Waals surface area contributed by atoms with Gasteiger partial charge in [-0.2, -0.15) is 5.10 Å². The van der Waals surface area contributed by atoms with E-state index >= 15 is 0 Å². The Labute approximate surface area is 149 Å². The van der Waals surface area contributed by atoms with Crippen molar-refractivity contribution in [1.82, 2.24) is 14.8 Å². The maximum absolute atomic E-state index is 12.9. The van der Waals surface area contributed by atoms with E-state index in [0.29, 0.717) is 16.4 Å². The minimum absolute atomic E-state index is 0.0767. The van der Waals surface area contributed by atoms with Gasteiger partial charge in [0.05, 0.1) is 18.7 Å². The van der Waals surface area contributed by atoms with Crippen LogP contribution in [0.5, 0.6) is 0 Å². The standard InChI is InChI=1S/C14H14F4N4O3S/c1-2-25-11(24)3-7-6-26-14(19-7)20-10(23)5-22-9(13(17)18)4-8(21-22)12(15)16/h4,6,12-13H,2-3,5H2,1H3,(H,19,20,23). The summed E-state index contributed by atoms with van der Waals surface area (Å²) in [7, 11) is 0. The fraction of sp³-hybridized carbons (Fsp3) is 0.429. The molecule has 0 radical (unpaired) electrons. The Hall–Kier alpha value is -2.50. The number of ether oxygens (including phenoxy) is 1. The average molecular weight is 394 g/mol. The third-order valence-electron chi connectivity index (χ3n) is 3.00.